The van der Waals surface area contributed by atoms with Gasteiger partial charge in [-0.1, -0.05) is 18.2 Å². The Bertz CT molecular complexity index is 712. The van der Waals surface area contributed by atoms with Crippen LogP contribution in [-0.4, -0.2) is 35.5 Å². The highest BCUT2D eigenvalue weighted by atomic mass is 16.1. The fourth-order valence-electron chi connectivity index (χ4n) is 3.04. The van der Waals surface area contributed by atoms with Gasteiger partial charge in [-0.3, -0.25) is 4.79 Å². The van der Waals surface area contributed by atoms with E-state index in [2.05, 4.69) is 25.9 Å². The predicted molar refractivity (Wildman–Crippen MR) is 99.8 cm³/mol. The zero-order chi connectivity index (χ0) is 17.5. The third-order valence-electron chi connectivity index (χ3n) is 4.52. The molecule has 0 spiro atoms. The zero-order valence-electron chi connectivity index (χ0n) is 14.6. The molecule has 132 valence electrons. The number of amides is 1. The second-order valence-corrected chi connectivity index (χ2v) is 6.39. The van der Waals surface area contributed by atoms with Gasteiger partial charge < -0.3 is 16.0 Å². The maximum absolute atomic E-state index is 12.1. The van der Waals surface area contributed by atoms with Gasteiger partial charge in [-0.25, -0.2) is 9.97 Å². The predicted octanol–water partition coefficient (Wildman–Crippen LogP) is 2.69. The van der Waals surface area contributed by atoms with Gasteiger partial charge in [-0.15, -0.1) is 0 Å². The van der Waals surface area contributed by atoms with Crippen LogP contribution in [0.4, 0.5) is 11.5 Å². The molecule has 3 N–H and O–H groups in total. The summed E-state index contributed by atoms with van der Waals surface area (Å²) in [6, 6.07) is 9.79. The van der Waals surface area contributed by atoms with Crippen molar-refractivity contribution in [1.29, 1.82) is 0 Å². The Hall–Kier alpha value is -2.47. The Morgan fingerprint density at radius 3 is 2.84 bits per heavy atom. The number of piperidine rings is 1. The Labute approximate surface area is 148 Å². The molecule has 2 heterocycles. The number of benzene rings is 1. The summed E-state index contributed by atoms with van der Waals surface area (Å²) < 4.78 is 0. The first kappa shape index (κ1) is 17.4. The minimum atomic E-state index is -0.00515. The maximum Gasteiger partial charge on any atom is 0.226 e. The average molecular weight is 339 g/mol. The number of aryl methyl sites for hydroxylation is 1. The standard InChI is InChI=1S/C19H25N5O/c1-14-4-2-3-5-16(14)24-19(25)8-11-21-18-12-17(22-13-23-18)15-6-9-20-10-7-15/h2-5,12-13,15,20H,6-11H2,1H3,(H,24,25)(H,21,22,23). The zero-order valence-corrected chi connectivity index (χ0v) is 14.6. The molecule has 0 radical (unpaired) electrons. The molecule has 0 atom stereocenters. The van der Waals surface area contributed by atoms with E-state index in [1.807, 2.05) is 37.3 Å². The molecule has 0 saturated carbocycles. The number of aromatic nitrogens is 2. The third kappa shape index (κ3) is 5.00. The van der Waals surface area contributed by atoms with Crippen LogP contribution >= 0.6 is 0 Å². The molecular formula is C19H25N5O. The summed E-state index contributed by atoms with van der Waals surface area (Å²) >= 11 is 0. The van der Waals surface area contributed by atoms with Crippen molar-refractivity contribution in [3.8, 4) is 0 Å². The quantitative estimate of drug-likeness (QED) is 0.754. The van der Waals surface area contributed by atoms with E-state index in [9.17, 15) is 4.79 Å². The van der Waals surface area contributed by atoms with E-state index in [-0.39, 0.29) is 5.91 Å². The van der Waals surface area contributed by atoms with Crippen molar-refractivity contribution in [2.45, 2.75) is 32.1 Å². The van der Waals surface area contributed by atoms with Crippen LogP contribution in [0.5, 0.6) is 0 Å². The number of nitrogens with one attached hydrogen (secondary N) is 3. The second kappa shape index (κ2) is 8.58. The van der Waals surface area contributed by atoms with Crippen molar-refractivity contribution in [3.05, 3.63) is 47.9 Å². The van der Waals surface area contributed by atoms with E-state index < -0.39 is 0 Å². The summed E-state index contributed by atoms with van der Waals surface area (Å²) in [6.07, 6.45) is 4.21. The first-order valence-corrected chi connectivity index (χ1v) is 8.84. The van der Waals surface area contributed by atoms with Crippen LogP contribution in [0.15, 0.2) is 36.7 Å². The van der Waals surface area contributed by atoms with Crippen molar-refractivity contribution in [2.75, 3.05) is 30.3 Å². The molecule has 6 nitrogen and oxygen atoms in total. The lowest BCUT2D eigenvalue weighted by Gasteiger charge is -2.22. The van der Waals surface area contributed by atoms with Crippen LogP contribution in [0.3, 0.4) is 0 Å². The largest absolute Gasteiger partial charge is 0.369 e. The van der Waals surface area contributed by atoms with E-state index in [0.29, 0.717) is 18.9 Å². The monoisotopic (exact) mass is 339 g/mol. The normalized spacial score (nSPS) is 14.9. The average Bonchev–Trinajstić information content (AvgIpc) is 2.65. The first-order valence-electron chi connectivity index (χ1n) is 8.84. The van der Waals surface area contributed by atoms with Crippen LogP contribution in [0.1, 0.15) is 36.4 Å². The molecule has 1 fully saturated rings. The molecule has 0 bridgehead atoms. The molecule has 25 heavy (non-hydrogen) atoms. The molecule has 1 aromatic carbocycles. The number of carbonyl (C=O) groups is 1. The van der Waals surface area contributed by atoms with Crippen molar-refractivity contribution >= 4 is 17.4 Å². The fourth-order valence-corrected chi connectivity index (χ4v) is 3.04. The molecule has 0 unspecified atom stereocenters. The van der Waals surface area contributed by atoms with Gasteiger partial charge in [0.2, 0.25) is 5.91 Å². The van der Waals surface area contributed by atoms with E-state index in [1.54, 1.807) is 6.33 Å². The summed E-state index contributed by atoms with van der Waals surface area (Å²) in [5.41, 5.74) is 3.01. The number of hydrogen-bond acceptors (Lipinski definition) is 5. The highest BCUT2D eigenvalue weighted by molar-refractivity contribution is 5.91. The van der Waals surface area contributed by atoms with Gasteiger partial charge in [-0.2, -0.15) is 0 Å². The lowest BCUT2D eigenvalue weighted by molar-refractivity contribution is -0.115. The molecule has 1 amide bonds. The summed E-state index contributed by atoms with van der Waals surface area (Å²) in [5.74, 6) is 1.27. The molecule has 1 aliphatic rings. The summed E-state index contributed by atoms with van der Waals surface area (Å²) in [5, 5.41) is 9.53. The number of para-hydroxylation sites is 1. The number of carbonyl (C=O) groups excluding carboxylic acids is 1. The third-order valence-corrected chi connectivity index (χ3v) is 4.52. The lowest BCUT2D eigenvalue weighted by Crippen LogP contribution is -2.27. The molecule has 3 rings (SSSR count). The molecule has 1 saturated heterocycles. The van der Waals surface area contributed by atoms with E-state index in [0.717, 1.165) is 48.7 Å². The van der Waals surface area contributed by atoms with Gasteiger partial charge in [0.1, 0.15) is 12.1 Å². The van der Waals surface area contributed by atoms with Gasteiger partial charge in [-0.05, 0) is 44.5 Å². The minimum absolute atomic E-state index is 0.00515. The molecular weight excluding hydrogens is 314 g/mol. The number of nitrogens with zero attached hydrogens (tertiary/aromatic N) is 2. The smallest absolute Gasteiger partial charge is 0.226 e. The Morgan fingerprint density at radius 2 is 2.04 bits per heavy atom. The first-order chi connectivity index (χ1) is 12.2. The van der Waals surface area contributed by atoms with E-state index >= 15 is 0 Å². The minimum Gasteiger partial charge on any atom is -0.369 e. The van der Waals surface area contributed by atoms with Gasteiger partial charge in [0, 0.05) is 36.3 Å². The van der Waals surface area contributed by atoms with Crippen LogP contribution < -0.4 is 16.0 Å². The highest BCUT2D eigenvalue weighted by Crippen LogP contribution is 2.24. The highest BCUT2D eigenvalue weighted by Gasteiger charge is 2.16. The lowest BCUT2D eigenvalue weighted by atomic mass is 9.94. The molecule has 2 aromatic rings. The summed E-state index contributed by atoms with van der Waals surface area (Å²) in [7, 11) is 0. The molecule has 1 aliphatic heterocycles. The van der Waals surface area contributed by atoms with Crippen molar-refractivity contribution in [3.63, 3.8) is 0 Å². The van der Waals surface area contributed by atoms with Gasteiger partial charge in [0.05, 0.1) is 0 Å². The summed E-state index contributed by atoms with van der Waals surface area (Å²) in [4.78, 5) is 20.8. The van der Waals surface area contributed by atoms with Crippen molar-refractivity contribution in [2.24, 2.45) is 0 Å². The second-order valence-electron chi connectivity index (χ2n) is 6.39. The van der Waals surface area contributed by atoms with Crippen molar-refractivity contribution < 1.29 is 4.79 Å². The number of anilines is 2. The fraction of sp³-hybridized carbons (Fsp3) is 0.421. The Morgan fingerprint density at radius 1 is 1.24 bits per heavy atom. The molecule has 1 aromatic heterocycles. The van der Waals surface area contributed by atoms with Crippen LogP contribution in [0, 0.1) is 6.92 Å². The summed E-state index contributed by atoms with van der Waals surface area (Å²) in [6.45, 7) is 4.60. The SMILES string of the molecule is Cc1ccccc1NC(=O)CCNc1cc(C2CCNCC2)ncn1. The number of hydrogen-bond donors (Lipinski definition) is 3. The van der Waals surface area contributed by atoms with Crippen LogP contribution in [-0.2, 0) is 4.79 Å². The topological polar surface area (TPSA) is 78.9 Å². The maximum atomic E-state index is 12.1. The Balaban J connectivity index is 1.48. The van der Waals surface area contributed by atoms with Crippen LogP contribution in [0.25, 0.3) is 0 Å². The Kier molecular flexibility index (Phi) is 5.95. The molecule has 0 aliphatic carbocycles. The van der Waals surface area contributed by atoms with Gasteiger partial charge >= 0.3 is 0 Å². The molecule has 6 heteroatoms. The van der Waals surface area contributed by atoms with Crippen LogP contribution in [0.2, 0.25) is 0 Å². The van der Waals surface area contributed by atoms with Crippen molar-refractivity contribution in [1.82, 2.24) is 15.3 Å². The van der Waals surface area contributed by atoms with Gasteiger partial charge in [0.15, 0.2) is 0 Å². The van der Waals surface area contributed by atoms with Gasteiger partial charge in [0.25, 0.3) is 0 Å². The van der Waals surface area contributed by atoms with E-state index in [1.165, 1.54) is 0 Å². The number of rotatable bonds is 6. The van der Waals surface area contributed by atoms with E-state index in [4.69, 9.17) is 0 Å².